The lowest BCUT2D eigenvalue weighted by molar-refractivity contribution is -0.116. The molecule has 1 aromatic carbocycles. The van der Waals surface area contributed by atoms with Crippen molar-refractivity contribution in [3.8, 4) is 0 Å². The molecule has 0 aliphatic heterocycles. The van der Waals surface area contributed by atoms with Crippen LogP contribution < -0.4 is 16.6 Å². The van der Waals surface area contributed by atoms with Gasteiger partial charge in [-0.25, -0.2) is 0 Å². The van der Waals surface area contributed by atoms with Gasteiger partial charge in [0, 0.05) is 29.3 Å². The van der Waals surface area contributed by atoms with Crippen LogP contribution in [0.3, 0.4) is 0 Å². The zero-order valence-electron chi connectivity index (χ0n) is 15.5. The van der Waals surface area contributed by atoms with Gasteiger partial charge in [0.15, 0.2) is 0 Å². The van der Waals surface area contributed by atoms with Crippen molar-refractivity contribution in [2.24, 2.45) is 5.73 Å². The molecule has 2 heterocycles. The number of aromatic nitrogens is 1. The summed E-state index contributed by atoms with van der Waals surface area (Å²) >= 11 is 1.33. The molecular formula is C20H21N3O3S. The number of para-hydroxylation sites is 1. The number of nitrogens with one attached hydrogen (secondary N) is 1. The summed E-state index contributed by atoms with van der Waals surface area (Å²) in [5.41, 5.74) is 8.14. The first kappa shape index (κ1) is 18.8. The number of aryl methyl sites for hydroxylation is 3. The third-order valence-corrected chi connectivity index (χ3v) is 5.80. The molecule has 3 aromatic rings. The van der Waals surface area contributed by atoms with Crippen molar-refractivity contribution in [2.75, 3.05) is 5.32 Å². The van der Waals surface area contributed by atoms with E-state index >= 15 is 0 Å². The van der Waals surface area contributed by atoms with E-state index in [9.17, 15) is 14.4 Å². The van der Waals surface area contributed by atoms with Crippen LogP contribution in [0, 0.1) is 20.8 Å². The molecule has 0 unspecified atom stereocenters. The van der Waals surface area contributed by atoms with E-state index in [1.54, 1.807) is 17.6 Å². The number of carbonyl (C=O) groups excluding carboxylic acids is 2. The van der Waals surface area contributed by atoms with E-state index in [4.69, 9.17) is 5.73 Å². The molecule has 27 heavy (non-hydrogen) atoms. The molecule has 0 aliphatic rings. The summed E-state index contributed by atoms with van der Waals surface area (Å²) in [5, 5.41) is 4.21. The van der Waals surface area contributed by atoms with Crippen LogP contribution in [0.5, 0.6) is 0 Å². The second kappa shape index (κ2) is 7.36. The highest BCUT2D eigenvalue weighted by molar-refractivity contribution is 7.16. The monoisotopic (exact) mass is 383 g/mol. The average Bonchev–Trinajstić information content (AvgIpc) is 2.88. The van der Waals surface area contributed by atoms with Gasteiger partial charge in [-0.3, -0.25) is 14.4 Å². The van der Waals surface area contributed by atoms with Gasteiger partial charge in [-0.1, -0.05) is 18.2 Å². The topological polar surface area (TPSA) is 94.2 Å². The summed E-state index contributed by atoms with van der Waals surface area (Å²) in [5.74, 6) is -0.830. The van der Waals surface area contributed by atoms with Crippen LogP contribution in [0.25, 0.3) is 10.9 Å². The number of thiophene rings is 1. The standard InChI is InChI=1S/C20H21N3O3S/c1-11-10-17(25)23(15-7-5-4-6-14(11)15)9-8-16(24)22-20-18(19(21)26)12(2)13(3)27-20/h4-7,10H,8-9H2,1-3H3,(H2,21,26)(H,22,24). The molecule has 140 valence electrons. The Balaban J connectivity index is 1.82. The molecule has 6 nitrogen and oxygen atoms in total. The van der Waals surface area contributed by atoms with E-state index in [1.165, 1.54) is 11.3 Å². The van der Waals surface area contributed by atoms with Crippen LogP contribution in [0.15, 0.2) is 35.1 Å². The zero-order valence-corrected chi connectivity index (χ0v) is 16.3. The fourth-order valence-electron chi connectivity index (χ4n) is 3.15. The molecule has 0 fully saturated rings. The van der Waals surface area contributed by atoms with Gasteiger partial charge in [0.05, 0.1) is 11.1 Å². The average molecular weight is 383 g/mol. The molecular weight excluding hydrogens is 362 g/mol. The predicted octanol–water partition coefficient (Wildman–Crippen LogP) is 3.12. The molecule has 0 saturated carbocycles. The van der Waals surface area contributed by atoms with Crippen molar-refractivity contribution >= 4 is 39.1 Å². The Bertz CT molecular complexity index is 1110. The molecule has 0 spiro atoms. The van der Waals surface area contributed by atoms with Gasteiger partial charge in [0.2, 0.25) is 5.91 Å². The Morgan fingerprint density at radius 2 is 1.89 bits per heavy atom. The number of amides is 2. The number of hydrogen-bond acceptors (Lipinski definition) is 4. The molecule has 2 amide bonds. The van der Waals surface area contributed by atoms with Crippen LogP contribution in [-0.2, 0) is 11.3 Å². The lowest BCUT2D eigenvalue weighted by Crippen LogP contribution is -2.24. The van der Waals surface area contributed by atoms with Gasteiger partial charge in [0.25, 0.3) is 11.5 Å². The maximum atomic E-state index is 12.4. The molecule has 0 bridgehead atoms. The molecule has 0 aliphatic carbocycles. The number of benzene rings is 1. The second-order valence-electron chi connectivity index (χ2n) is 6.48. The SMILES string of the molecule is Cc1sc(NC(=O)CCn2c(=O)cc(C)c3ccccc32)c(C(N)=O)c1C. The number of hydrogen-bond donors (Lipinski definition) is 2. The highest BCUT2D eigenvalue weighted by atomic mass is 32.1. The summed E-state index contributed by atoms with van der Waals surface area (Å²) in [4.78, 5) is 37.4. The molecule has 3 N–H and O–H groups in total. The van der Waals surface area contributed by atoms with E-state index in [-0.39, 0.29) is 24.4 Å². The van der Waals surface area contributed by atoms with Gasteiger partial charge in [0.1, 0.15) is 5.00 Å². The Hall–Kier alpha value is -2.93. The predicted molar refractivity (Wildman–Crippen MR) is 109 cm³/mol. The van der Waals surface area contributed by atoms with E-state index < -0.39 is 5.91 Å². The number of rotatable bonds is 5. The van der Waals surface area contributed by atoms with Crippen LogP contribution in [0.4, 0.5) is 5.00 Å². The van der Waals surface area contributed by atoms with E-state index in [0.717, 1.165) is 26.9 Å². The zero-order chi connectivity index (χ0) is 19.7. The number of primary amides is 1. The van der Waals surface area contributed by atoms with Crippen molar-refractivity contribution in [1.82, 2.24) is 4.57 Å². The Morgan fingerprint density at radius 3 is 2.59 bits per heavy atom. The number of anilines is 1. The lowest BCUT2D eigenvalue weighted by Gasteiger charge is -2.12. The summed E-state index contributed by atoms with van der Waals surface area (Å²) < 4.78 is 1.60. The van der Waals surface area contributed by atoms with Crippen molar-refractivity contribution in [2.45, 2.75) is 33.7 Å². The van der Waals surface area contributed by atoms with Crippen molar-refractivity contribution in [3.63, 3.8) is 0 Å². The minimum absolute atomic E-state index is 0.112. The number of fused-ring (bicyclic) bond motifs is 1. The first-order chi connectivity index (χ1) is 12.8. The van der Waals surface area contributed by atoms with Crippen molar-refractivity contribution in [3.05, 3.63) is 62.3 Å². The van der Waals surface area contributed by atoms with Crippen molar-refractivity contribution in [1.29, 1.82) is 0 Å². The largest absolute Gasteiger partial charge is 0.365 e. The minimum atomic E-state index is -0.562. The molecule has 0 atom stereocenters. The van der Waals surface area contributed by atoms with Crippen LogP contribution >= 0.6 is 11.3 Å². The lowest BCUT2D eigenvalue weighted by atomic mass is 10.1. The number of nitrogens with two attached hydrogens (primary N) is 1. The maximum absolute atomic E-state index is 12.4. The summed E-state index contributed by atoms with van der Waals surface area (Å²) in [6.07, 6.45) is 0.112. The quantitative estimate of drug-likeness (QED) is 0.709. The summed E-state index contributed by atoms with van der Waals surface area (Å²) in [7, 11) is 0. The van der Waals surface area contributed by atoms with E-state index in [2.05, 4.69) is 5.32 Å². The number of carbonyl (C=O) groups is 2. The fraction of sp³-hybridized carbons (Fsp3) is 0.250. The van der Waals surface area contributed by atoms with Crippen LogP contribution in [0.2, 0.25) is 0 Å². The maximum Gasteiger partial charge on any atom is 0.251 e. The third kappa shape index (κ3) is 3.64. The number of nitrogens with zero attached hydrogens (tertiary/aromatic N) is 1. The van der Waals surface area contributed by atoms with Gasteiger partial charge in [-0.2, -0.15) is 0 Å². The Kier molecular flexibility index (Phi) is 5.14. The first-order valence-corrected chi connectivity index (χ1v) is 9.40. The van der Waals surface area contributed by atoms with E-state index in [1.807, 2.05) is 38.1 Å². The molecule has 0 radical (unpaired) electrons. The van der Waals surface area contributed by atoms with Gasteiger partial charge in [-0.05, 0) is 38.0 Å². The summed E-state index contributed by atoms with van der Waals surface area (Å²) in [6, 6.07) is 9.20. The molecule has 7 heteroatoms. The van der Waals surface area contributed by atoms with Gasteiger partial charge in [-0.15, -0.1) is 11.3 Å². The third-order valence-electron chi connectivity index (χ3n) is 4.67. The molecule has 0 saturated heterocycles. The smallest absolute Gasteiger partial charge is 0.251 e. The molecule has 2 aromatic heterocycles. The normalized spacial score (nSPS) is 10.9. The highest BCUT2D eigenvalue weighted by Crippen LogP contribution is 2.32. The Labute approximate surface area is 160 Å². The highest BCUT2D eigenvalue weighted by Gasteiger charge is 2.19. The fourth-order valence-corrected chi connectivity index (χ4v) is 4.23. The van der Waals surface area contributed by atoms with Crippen LogP contribution in [-0.4, -0.2) is 16.4 Å². The Morgan fingerprint density at radius 1 is 1.19 bits per heavy atom. The number of pyridine rings is 1. The summed E-state index contributed by atoms with van der Waals surface area (Å²) in [6.45, 7) is 5.83. The van der Waals surface area contributed by atoms with Crippen molar-refractivity contribution < 1.29 is 9.59 Å². The first-order valence-electron chi connectivity index (χ1n) is 8.58. The molecule has 3 rings (SSSR count). The van der Waals surface area contributed by atoms with E-state index in [0.29, 0.717) is 10.6 Å². The van der Waals surface area contributed by atoms with Gasteiger partial charge < -0.3 is 15.6 Å². The van der Waals surface area contributed by atoms with Gasteiger partial charge >= 0.3 is 0 Å². The van der Waals surface area contributed by atoms with Crippen LogP contribution in [0.1, 0.15) is 32.8 Å². The minimum Gasteiger partial charge on any atom is -0.365 e. The second-order valence-corrected chi connectivity index (χ2v) is 7.71.